The first-order valence-corrected chi connectivity index (χ1v) is 11.6. The van der Waals surface area contributed by atoms with Crippen LogP contribution >= 0.6 is 0 Å². The van der Waals surface area contributed by atoms with Crippen molar-refractivity contribution in [3.8, 4) is 5.75 Å². The van der Waals surface area contributed by atoms with Gasteiger partial charge in [-0.3, -0.25) is 9.59 Å². The molecule has 1 atom stereocenters. The number of aryl methyl sites for hydroxylation is 1. The number of aliphatic hydroxyl groups excluding tert-OH is 1. The SMILES string of the molecule is CCCCCOc1ccc(/C(O)=C2/C(=O)C(=O)N(CCN(C)C)C2c2ccccc2C)cc1. The molecule has 0 aromatic heterocycles. The molecule has 176 valence electrons. The summed E-state index contributed by atoms with van der Waals surface area (Å²) in [6, 6.07) is 14.1. The summed E-state index contributed by atoms with van der Waals surface area (Å²) in [5, 5.41) is 11.2. The number of likely N-dealkylation sites (tertiary alicyclic amines) is 1. The zero-order valence-corrected chi connectivity index (χ0v) is 20.0. The van der Waals surface area contributed by atoms with Crippen LogP contribution in [0.2, 0.25) is 0 Å². The Labute approximate surface area is 196 Å². The molecule has 1 amide bonds. The zero-order valence-electron chi connectivity index (χ0n) is 20.0. The zero-order chi connectivity index (χ0) is 24.0. The van der Waals surface area contributed by atoms with Crippen molar-refractivity contribution in [1.29, 1.82) is 0 Å². The van der Waals surface area contributed by atoms with Gasteiger partial charge in [-0.2, -0.15) is 0 Å². The maximum Gasteiger partial charge on any atom is 0.295 e. The lowest BCUT2D eigenvalue weighted by molar-refractivity contribution is -0.140. The molecule has 0 spiro atoms. The lowest BCUT2D eigenvalue weighted by Crippen LogP contribution is -2.35. The van der Waals surface area contributed by atoms with Crippen LogP contribution in [0.1, 0.15) is 48.9 Å². The van der Waals surface area contributed by atoms with E-state index in [0.29, 0.717) is 31.0 Å². The number of unbranched alkanes of at least 4 members (excludes halogenated alkanes) is 2. The Bertz CT molecular complexity index is 1010. The first-order valence-electron chi connectivity index (χ1n) is 11.6. The Hall–Kier alpha value is -3.12. The third-order valence-electron chi connectivity index (χ3n) is 5.96. The summed E-state index contributed by atoms with van der Waals surface area (Å²) in [4.78, 5) is 29.6. The summed E-state index contributed by atoms with van der Waals surface area (Å²) in [6.07, 6.45) is 3.24. The van der Waals surface area contributed by atoms with Crippen LogP contribution in [0, 0.1) is 6.92 Å². The molecule has 1 unspecified atom stereocenters. The van der Waals surface area contributed by atoms with Gasteiger partial charge in [-0.1, -0.05) is 44.0 Å². The second kappa shape index (κ2) is 11.1. The number of hydrogen-bond acceptors (Lipinski definition) is 5. The van der Waals surface area contributed by atoms with Crippen molar-refractivity contribution in [2.24, 2.45) is 0 Å². The fourth-order valence-corrected chi connectivity index (χ4v) is 4.04. The number of benzene rings is 2. The van der Waals surface area contributed by atoms with Crippen molar-refractivity contribution in [1.82, 2.24) is 9.80 Å². The summed E-state index contributed by atoms with van der Waals surface area (Å²) in [5.41, 5.74) is 2.42. The van der Waals surface area contributed by atoms with E-state index < -0.39 is 17.7 Å². The Morgan fingerprint density at radius 2 is 1.76 bits per heavy atom. The number of carbonyl (C=O) groups excluding carboxylic acids is 2. The Morgan fingerprint density at radius 1 is 1.06 bits per heavy atom. The molecule has 0 aliphatic carbocycles. The number of carbonyl (C=O) groups is 2. The van der Waals surface area contributed by atoms with E-state index in [0.717, 1.165) is 30.4 Å². The molecule has 1 N–H and O–H groups in total. The number of aliphatic hydroxyl groups is 1. The predicted octanol–water partition coefficient (Wildman–Crippen LogP) is 4.55. The van der Waals surface area contributed by atoms with E-state index in [1.807, 2.05) is 50.2 Å². The van der Waals surface area contributed by atoms with E-state index in [2.05, 4.69) is 6.92 Å². The molecule has 0 bridgehead atoms. The highest BCUT2D eigenvalue weighted by Crippen LogP contribution is 2.40. The fraction of sp³-hybridized carbons (Fsp3) is 0.407. The lowest BCUT2D eigenvalue weighted by atomic mass is 9.92. The minimum absolute atomic E-state index is 0.129. The first-order chi connectivity index (χ1) is 15.8. The van der Waals surface area contributed by atoms with Gasteiger partial charge in [0.2, 0.25) is 0 Å². The van der Waals surface area contributed by atoms with Crippen LogP contribution in [0.5, 0.6) is 5.75 Å². The molecule has 1 heterocycles. The normalized spacial score (nSPS) is 17.7. The van der Waals surface area contributed by atoms with Crippen molar-refractivity contribution in [2.45, 2.75) is 39.2 Å². The fourth-order valence-electron chi connectivity index (χ4n) is 4.04. The molecule has 0 saturated carbocycles. The van der Waals surface area contributed by atoms with Gasteiger partial charge < -0.3 is 19.6 Å². The smallest absolute Gasteiger partial charge is 0.295 e. The maximum atomic E-state index is 13.1. The van der Waals surface area contributed by atoms with Gasteiger partial charge in [-0.15, -0.1) is 0 Å². The van der Waals surface area contributed by atoms with E-state index >= 15 is 0 Å². The molecule has 1 aliphatic heterocycles. The van der Waals surface area contributed by atoms with Crippen LogP contribution in [0.4, 0.5) is 0 Å². The summed E-state index contributed by atoms with van der Waals surface area (Å²) < 4.78 is 5.75. The highest BCUT2D eigenvalue weighted by atomic mass is 16.5. The number of likely N-dealkylation sites (N-methyl/N-ethyl adjacent to an activating group) is 1. The second-order valence-electron chi connectivity index (χ2n) is 8.73. The lowest BCUT2D eigenvalue weighted by Gasteiger charge is -2.27. The standard InChI is InChI=1S/C27H34N2O4/c1-5-6-9-18-33-21-14-12-20(13-15-21)25(30)23-24(22-11-8-7-10-19(22)2)29(17-16-28(3)4)27(32)26(23)31/h7-8,10-15,24,30H,5-6,9,16-18H2,1-4H3/b25-23-. The number of hydrogen-bond donors (Lipinski definition) is 1. The van der Waals surface area contributed by atoms with Crippen LogP contribution in [0.25, 0.3) is 5.76 Å². The highest BCUT2D eigenvalue weighted by molar-refractivity contribution is 6.46. The third kappa shape index (κ3) is 5.63. The molecule has 1 saturated heterocycles. The molecular formula is C27H34N2O4. The van der Waals surface area contributed by atoms with Crippen molar-refractivity contribution in [3.63, 3.8) is 0 Å². The topological polar surface area (TPSA) is 70.1 Å². The Morgan fingerprint density at radius 3 is 2.39 bits per heavy atom. The average molecular weight is 451 g/mol. The van der Waals surface area contributed by atoms with E-state index in [4.69, 9.17) is 4.74 Å². The van der Waals surface area contributed by atoms with Gasteiger partial charge in [0.25, 0.3) is 11.7 Å². The second-order valence-corrected chi connectivity index (χ2v) is 8.73. The first kappa shape index (κ1) is 24.5. The van der Waals surface area contributed by atoms with Crippen LogP contribution in [0.3, 0.4) is 0 Å². The monoisotopic (exact) mass is 450 g/mol. The minimum atomic E-state index is -0.653. The van der Waals surface area contributed by atoms with E-state index in [1.165, 1.54) is 0 Å². The summed E-state index contributed by atoms with van der Waals surface area (Å²) >= 11 is 0. The third-order valence-corrected chi connectivity index (χ3v) is 5.96. The number of Topliss-reactive ketones (excluding diaryl/α,β-unsaturated/α-hetero) is 1. The van der Waals surface area contributed by atoms with Gasteiger partial charge in [0.1, 0.15) is 11.5 Å². The predicted molar refractivity (Wildman–Crippen MR) is 130 cm³/mol. The van der Waals surface area contributed by atoms with Crippen molar-refractivity contribution in [2.75, 3.05) is 33.8 Å². The van der Waals surface area contributed by atoms with Crippen LogP contribution in [-0.2, 0) is 9.59 Å². The molecule has 2 aromatic rings. The molecule has 33 heavy (non-hydrogen) atoms. The summed E-state index contributed by atoms with van der Waals surface area (Å²) in [6.45, 7) is 5.74. The highest BCUT2D eigenvalue weighted by Gasteiger charge is 2.46. The largest absolute Gasteiger partial charge is 0.507 e. The van der Waals surface area contributed by atoms with Crippen molar-refractivity contribution in [3.05, 3.63) is 70.8 Å². The van der Waals surface area contributed by atoms with Gasteiger partial charge in [-0.25, -0.2) is 0 Å². The molecule has 2 aromatic carbocycles. The molecule has 1 fully saturated rings. The van der Waals surface area contributed by atoms with Crippen molar-refractivity contribution < 1.29 is 19.4 Å². The Kier molecular flexibility index (Phi) is 8.28. The molecule has 0 radical (unpaired) electrons. The number of nitrogens with zero attached hydrogens (tertiary/aromatic N) is 2. The van der Waals surface area contributed by atoms with Gasteiger partial charge in [0, 0.05) is 18.7 Å². The van der Waals surface area contributed by atoms with Gasteiger partial charge in [0.15, 0.2) is 0 Å². The molecule has 3 rings (SSSR count). The van der Waals surface area contributed by atoms with Gasteiger partial charge in [0.05, 0.1) is 18.2 Å². The van der Waals surface area contributed by atoms with E-state index in [1.54, 1.807) is 29.2 Å². The van der Waals surface area contributed by atoms with E-state index in [9.17, 15) is 14.7 Å². The maximum absolute atomic E-state index is 13.1. The van der Waals surface area contributed by atoms with Gasteiger partial charge in [-0.05, 0) is 62.8 Å². The van der Waals surface area contributed by atoms with Crippen LogP contribution in [-0.4, -0.2) is 60.4 Å². The van der Waals surface area contributed by atoms with Crippen molar-refractivity contribution >= 4 is 17.4 Å². The quantitative estimate of drug-likeness (QED) is 0.249. The van der Waals surface area contributed by atoms with E-state index in [-0.39, 0.29) is 11.3 Å². The van der Waals surface area contributed by atoms with Gasteiger partial charge >= 0.3 is 0 Å². The number of ketones is 1. The summed E-state index contributed by atoms with van der Waals surface area (Å²) in [5.74, 6) is -0.682. The number of ether oxygens (including phenoxy) is 1. The number of amides is 1. The van der Waals surface area contributed by atoms with Crippen LogP contribution in [0.15, 0.2) is 54.1 Å². The minimum Gasteiger partial charge on any atom is -0.507 e. The summed E-state index contributed by atoms with van der Waals surface area (Å²) in [7, 11) is 3.84. The average Bonchev–Trinajstić information content (AvgIpc) is 3.05. The Balaban J connectivity index is 1.97. The molecular weight excluding hydrogens is 416 g/mol. The van der Waals surface area contributed by atoms with Crippen LogP contribution < -0.4 is 4.74 Å². The number of rotatable bonds is 10. The molecule has 6 nitrogen and oxygen atoms in total. The molecule has 6 heteroatoms. The molecule has 1 aliphatic rings.